The van der Waals surface area contributed by atoms with Gasteiger partial charge in [0.1, 0.15) is 6.61 Å². The van der Waals surface area contributed by atoms with Crippen molar-refractivity contribution in [3.63, 3.8) is 0 Å². The van der Waals surface area contributed by atoms with E-state index in [1.807, 2.05) is 0 Å². The molecule has 0 fully saturated rings. The molecule has 5 heteroatoms. The minimum Gasteiger partial charge on any atom is -0.462 e. The number of carbonyl (C=O) groups excluding carboxylic acids is 2. The minimum absolute atomic E-state index is 0.0852. The van der Waals surface area contributed by atoms with Gasteiger partial charge in [-0.25, -0.2) is 0 Å². The summed E-state index contributed by atoms with van der Waals surface area (Å²) in [5.41, 5.74) is 0. The molecule has 1 atom stereocenters. The van der Waals surface area contributed by atoms with Crippen LogP contribution in [-0.4, -0.2) is 36.4 Å². The van der Waals surface area contributed by atoms with Crippen molar-refractivity contribution < 1.29 is 24.2 Å². The summed E-state index contributed by atoms with van der Waals surface area (Å²) in [5, 5.41) is 9.71. The molecule has 490 valence electrons. The molecule has 0 heterocycles. The highest BCUT2D eigenvalue weighted by molar-refractivity contribution is 5.70. The van der Waals surface area contributed by atoms with Gasteiger partial charge in [0.25, 0.3) is 0 Å². The Kier molecular flexibility index (Phi) is 70.5. The van der Waals surface area contributed by atoms with Crippen LogP contribution in [0.15, 0.2) is 219 Å². The van der Waals surface area contributed by atoms with E-state index in [1.54, 1.807) is 0 Å². The van der Waals surface area contributed by atoms with E-state index in [0.717, 1.165) is 161 Å². The Labute approximate surface area is 542 Å². The van der Waals surface area contributed by atoms with Gasteiger partial charge in [0.05, 0.1) is 6.61 Å². The van der Waals surface area contributed by atoms with E-state index in [4.69, 9.17) is 9.47 Å². The number of ether oxygens (including phenoxy) is 2. The lowest BCUT2D eigenvalue weighted by atomic mass is 10.0. The second-order valence-electron chi connectivity index (χ2n) is 22.5. The number of esters is 2. The lowest BCUT2D eigenvalue weighted by Crippen LogP contribution is -2.28. The van der Waals surface area contributed by atoms with Crippen LogP contribution in [0.25, 0.3) is 0 Å². The van der Waals surface area contributed by atoms with Crippen molar-refractivity contribution in [2.75, 3.05) is 13.2 Å². The first-order valence-electron chi connectivity index (χ1n) is 35.3. The average molecular weight is 1210 g/mol. The molecular weight excluding hydrogens is 1080 g/mol. The Morgan fingerprint density at radius 1 is 0.261 bits per heavy atom. The SMILES string of the molecule is CC/C=C\C/C=C\C/C=C\C/C=C\C/C=C\C/C=C\C/C=C\C/C=C\C/C=C\C/C=C\CCCCCCCCCCCCC(=O)OC(CO)COC(=O)CCCCCCCCCC/C=C\C/C=C\C/C=C\C/C=C\C/C=C\C/C=C\C/C=C\C/C=C\CC. The van der Waals surface area contributed by atoms with Gasteiger partial charge in [-0.2, -0.15) is 0 Å². The van der Waals surface area contributed by atoms with Crippen molar-refractivity contribution in [2.24, 2.45) is 0 Å². The lowest BCUT2D eigenvalue weighted by molar-refractivity contribution is -0.161. The quantitative estimate of drug-likeness (QED) is 0.0373. The minimum atomic E-state index is -0.796. The summed E-state index contributed by atoms with van der Waals surface area (Å²) in [7, 11) is 0. The molecule has 0 aromatic rings. The van der Waals surface area contributed by atoms with E-state index >= 15 is 0 Å². The first kappa shape index (κ1) is 82.2. The number of rotatable bonds is 62. The summed E-state index contributed by atoms with van der Waals surface area (Å²) in [4.78, 5) is 24.7. The summed E-state index contributed by atoms with van der Waals surface area (Å²) in [6, 6.07) is 0. The Morgan fingerprint density at radius 2 is 0.455 bits per heavy atom. The van der Waals surface area contributed by atoms with Gasteiger partial charge in [-0.15, -0.1) is 0 Å². The number of carbonyl (C=O) groups is 2. The summed E-state index contributed by atoms with van der Waals surface area (Å²) in [6.45, 7) is 3.90. The fraction of sp³-hybridized carbons (Fsp3) is 0.542. The molecule has 0 bridgehead atoms. The van der Waals surface area contributed by atoms with Gasteiger partial charge >= 0.3 is 11.9 Å². The molecule has 0 aliphatic heterocycles. The molecule has 0 aromatic heterocycles. The van der Waals surface area contributed by atoms with Crippen molar-refractivity contribution in [2.45, 2.75) is 277 Å². The number of hydrogen-bond donors (Lipinski definition) is 1. The maximum Gasteiger partial charge on any atom is 0.306 e. The fourth-order valence-electron chi connectivity index (χ4n) is 9.07. The molecule has 0 amide bonds. The van der Waals surface area contributed by atoms with Gasteiger partial charge in [-0.05, 0) is 154 Å². The number of allylic oxidation sites excluding steroid dienone is 36. The van der Waals surface area contributed by atoms with Crippen molar-refractivity contribution in [1.82, 2.24) is 0 Å². The van der Waals surface area contributed by atoms with Gasteiger partial charge in [0, 0.05) is 12.8 Å². The third-order valence-corrected chi connectivity index (χ3v) is 14.3. The van der Waals surface area contributed by atoms with E-state index in [2.05, 4.69) is 233 Å². The van der Waals surface area contributed by atoms with Crippen molar-refractivity contribution in [1.29, 1.82) is 0 Å². The molecule has 0 saturated heterocycles. The monoisotopic (exact) mass is 1200 g/mol. The van der Waals surface area contributed by atoms with E-state index in [-0.39, 0.29) is 25.2 Å². The molecule has 0 aromatic carbocycles. The molecular formula is C83H128O5. The van der Waals surface area contributed by atoms with Crippen LogP contribution in [0.4, 0.5) is 0 Å². The number of unbranched alkanes of at least 4 members (excludes halogenated alkanes) is 18. The molecule has 5 nitrogen and oxygen atoms in total. The Morgan fingerprint density at radius 3 is 0.682 bits per heavy atom. The summed E-state index contributed by atoms with van der Waals surface area (Å²) >= 11 is 0. The molecule has 0 radical (unpaired) electrons. The first-order chi connectivity index (χ1) is 43.6. The van der Waals surface area contributed by atoms with Crippen LogP contribution >= 0.6 is 0 Å². The Balaban J connectivity index is 3.61. The Bertz CT molecular complexity index is 2100. The van der Waals surface area contributed by atoms with Gasteiger partial charge < -0.3 is 14.6 Å². The summed E-state index contributed by atoms with van der Waals surface area (Å²) in [6.07, 6.45) is 122. The normalized spacial score (nSPS) is 13.6. The number of hydrogen-bond acceptors (Lipinski definition) is 5. The van der Waals surface area contributed by atoms with Crippen LogP contribution in [0.3, 0.4) is 0 Å². The van der Waals surface area contributed by atoms with E-state index in [0.29, 0.717) is 12.8 Å². The smallest absolute Gasteiger partial charge is 0.306 e. The average Bonchev–Trinajstić information content (AvgIpc) is 3.56. The van der Waals surface area contributed by atoms with Gasteiger partial charge in [0.2, 0.25) is 0 Å². The van der Waals surface area contributed by atoms with Crippen molar-refractivity contribution in [3.8, 4) is 0 Å². The zero-order valence-corrected chi connectivity index (χ0v) is 56.1. The van der Waals surface area contributed by atoms with Crippen LogP contribution in [0.2, 0.25) is 0 Å². The van der Waals surface area contributed by atoms with Crippen LogP contribution in [0.1, 0.15) is 271 Å². The number of aliphatic hydroxyl groups is 1. The first-order valence-corrected chi connectivity index (χ1v) is 35.3. The molecule has 88 heavy (non-hydrogen) atoms. The predicted molar refractivity (Wildman–Crippen MR) is 388 cm³/mol. The molecule has 0 aliphatic rings. The zero-order chi connectivity index (χ0) is 63.3. The van der Waals surface area contributed by atoms with E-state index in [9.17, 15) is 14.7 Å². The highest BCUT2D eigenvalue weighted by Crippen LogP contribution is 2.15. The van der Waals surface area contributed by atoms with Crippen LogP contribution < -0.4 is 0 Å². The van der Waals surface area contributed by atoms with E-state index < -0.39 is 6.10 Å². The molecule has 1 N–H and O–H groups in total. The maximum absolute atomic E-state index is 12.4. The second kappa shape index (κ2) is 75.5. The van der Waals surface area contributed by atoms with Gasteiger partial charge in [-0.3, -0.25) is 9.59 Å². The zero-order valence-electron chi connectivity index (χ0n) is 56.1. The topological polar surface area (TPSA) is 72.8 Å². The summed E-state index contributed by atoms with van der Waals surface area (Å²) in [5.74, 6) is -0.617. The standard InChI is InChI=1S/C83H128O5/c1-3-5-7-9-11-13-15-17-19-21-23-25-27-29-31-33-35-37-38-39-40-41-42-43-44-46-48-50-52-54-56-58-60-62-64-66-68-70-72-74-76-78-83(86)88-81(79-84)80-87-82(85)77-75-73-71-69-67-65-63-61-59-57-55-53-51-49-47-45-36-34-32-30-28-26-24-22-20-18-16-14-12-10-8-6-4-2/h5-8,11-14,17-20,23-26,29-32,35-37,39-40,42-43,45-46,48-49,51-52,54-55,57,81,84H,3-4,9-10,15-16,21-22,27-28,33-34,38,41,44,47,50,53,56,58-80H2,1-2H3/b7-5-,8-6-,13-11-,14-12-,19-17-,20-18-,25-23-,26-24-,31-29-,32-30-,37-35-,40-39-,43-42-,45-36-,48-46-,51-49-,54-52-,57-55-. The fourth-order valence-corrected chi connectivity index (χ4v) is 9.07. The summed E-state index contributed by atoms with van der Waals surface area (Å²) < 4.78 is 10.7. The molecule has 1 unspecified atom stereocenters. The lowest BCUT2D eigenvalue weighted by Gasteiger charge is -2.15. The largest absolute Gasteiger partial charge is 0.462 e. The molecule has 0 spiro atoms. The van der Waals surface area contributed by atoms with Crippen LogP contribution in [0, 0.1) is 0 Å². The highest BCUT2D eigenvalue weighted by Gasteiger charge is 2.16. The molecule has 0 aliphatic carbocycles. The van der Waals surface area contributed by atoms with Gasteiger partial charge in [0.15, 0.2) is 6.10 Å². The van der Waals surface area contributed by atoms with Crippen LogP contribution in [0.5, 0.6) is 0 Å². The Hall–Kier alpha value is -5.78. The molecule has 0 saturated carbocycles. The predicted octanol–water partition coefficient (Wildman–Crippen LogP) is 25.1. The van der Waals surface area contributed by atoms with Gasteiger partial charge in [-0.1, -0.05) is 322 Å². The van der Waals surface area contributed by atoms with Crippen molar-refractivity contribution in [3.05, 3.63) is 219 Å². The second-order valence-corrected chi connectivity index (χ2v) is 22.5. The number of aliphatic hydroxyl groups excluding tert-OH is 1. The maximum atomic E-state index is 12.4. The van der Waals surface area contributed by atoms with Crippen molar-refractivity contribution >= 4 is 11.9 Å². The van der Waals surface area contributed by atoms with Crippen LogP contribution in [-0.2, 0) is 19.1 Å². The van der Waals surface area contributed by atoms with E-state index in [1.165, 1.54) is 83.5 Å². The molecule has 0 rings (SSSR count). The highest BCUT2D eigenvalue weighted by atomic mass is 16.6. The third kappa shape index (κ3) is 72.7. The third-order valence-electron chi connectivity index (χ3n) is 14.3.